The highest BCUT2D eigenvalue weighted by atomic mass is 35.5. The van der Waals surface area contributed by atoms with Gasteiger partial charge in [-0.1, -0.05) is 12.5 Å². The molecule has 1 heterocycles. The maximum atomic E-state index is 6.58. The van der Waals surface area contributed by atoms with E-state index in [-0.39, 0.29) is 0 Å². The molecule has 0 aliphatic heterocycles. The van der Waals surface area contributed by atoms with Gasteiger partial charge in [-0.2, -0.15) is 0 Å². The standard InChI is InChI=1S/C13H17ClS/c14-13(8-11-2-1-5-15-11)12-7-9-3-4-10(12)6-9/h1-2,5,9-10,12-13H,3-4,6-8H2. The average Bonchev–Trinajstić information content (AvgIpc) is 2.93. The fraction of sp³-hybridized carbons (Fsp3) is 0.692. The molecule has 2 saturated carbocycles. The lowest BCUT2D eigenvalue weighted by molar-refractivity contribution is 0.320. The minimum Gasteiger partial charge on any atom is -0.149 e. The first-order valence-corrected chi connectivity index (χ1v) is 7.31. The van der Waals surface area contributed by atoms with Crippen molar-refractivity contribution in [3.05, 3.63) is 22.4 Å². The van der Waals surface area contributed by atoms with Crippen LogP contribution in [-0.4, -0.2) is 5.38 Å². The summed E-state index contributed by atoms with van der Waals surface area (Å²) < 4.78 is 0. The summed E-state index contributed by atoms with van der Waals surface area (Å²) in [6.07, 6.45) is 6.89. The van der Waals surface area contributed by atoms with Gasteiger partial charge in [-0.3, -0.25) is 0 Å². The summed E-state index contributed by atoms with van der Waals surface area (Å²) in [6, 6.07) is 4.34. The first-order chi connectivity index (χ1) is 7.33. The van der Waals surface area contributed by atoms with Crippen LogP contribution >= 0.6 is 22.9 Å². The van der Waals surface area contributed by atoms with Gasteiger partial charge in [0.05, 0.1) is 0 Å². The van der Waals surface area contributed by atoms with E-state index in [1.165, 1.54) is 30.6 Å². The number of fused-ring (bicyclic) bond motifs is 2. The highest BCUT2D eigenvalue weighted by Crippen LogP contribution is 2.51. The van der Waals surface area contributed by atoms with Crippen LogP contribution in [0.2, 0.25) is 0 Å². The molecular weight excluding hydrogens is 224 g/mol. The fourth-order valence-corrected chi connectivity index (χ4v) is 4.84. The molecule has 2 heteroatoms. The molecule has 3 rings (SSSR count). The van der Waals surface area contributed by atoms with Crippen LogP contribution in [0.25, 0.3) is 0 Å². The van der Waals surface area contributed by atoms with E-state index in [2.05, 4.69) is 17.5 Å². The second-order valence-corrected chi connectivity index (χ2v) is 6.73. The van der Waals surface area contributed by atoms with Crippen molar-refractivity contribution >= 4 is 22.9 Å². The normalized spacial score (nSPS) is 35.9. The van der Waals surface area contributed by atoms with E-state index in [9.17, 15) is 0 Å². The predicted octanol–water partition coefficient (Wildman–Crippen LogP) is 4.33. The van der Waals surface area contributed by atoms with Crippen molar-refractivity contribution in [2.24, 2.45) is 17.8 Å². The summed E-state index contributed by atoms with van der Waals surface area (Å²) in [5, 5.41) is 2.54. The van der Waals surface area contributed by atoms with Gasteiger partial charge in [0, 0.05) is 10.3 Å². The molecule has 0 spiro atoms. The Morgan fingerprint density at radius 2 is 2.33 bits per heavy atom. The molecule has 2 fully saturated rings. The maximum absolute atomic E-state index is 6.58. The summed E-state index contributed by atoms with van der Waals surface area (Å²) in [7, 11) is 0. The zero-order chi connectivity index (χ0) is 10.3. The fourth-order valence-electron chi connectivity index (χ4n) is 3.51. The monoisotopic (exact) mass is 240 g/mol. The Kier molecular flexibility index (Phi) is 2.78. The van der Waals surface area contributed by atoms with Crippen LogP contribution in [0.3, 0.4) is 0 Å². The van der Waals surface area contributed by atoms with Gasteiger partial charge in [-0.15, -0.1) is 22.9 Å². The lowest BCUT2D eigenvalue weighted by atomic mass is 9.85. The molecule has 0 radical (unpaired) electrons. The second-order valence-electron chi connectivity index (χ2n) is 5.14. The Balaban J connectivity index is 1.63. The second kappa shape index (κ2) is 4.10. The van der Waals surface area contributed by atoms with Crippen molar-refractivity contribution in [2.45, 2.75) is 37.5 Å². The lowest BCUT2D eigenvalue weighted by Gasteiger charge is -2.25. The van der Waals surface area contributed by atoms with Crippen molar-refractivity contribution in [1.29, 1.82) is 0 Å². The molecule has 0 aromatic carbocycles. The van der Waals surface area contributed by atoms with Crippen LogP contribution in [0, 0.1) is 17.8 Å². The first kappa shape index (κ1) is 10.2. The number of hydrogen-bond donors (Lipinski definition) is 0. The molecule has 0 amide bonds. The van der Waals surface area contributed by atoms with Crippen molar-refractivity contribution in [2.75, 3.05) is 0 Å². The molecular formula is C13H17ClS. The third-order valence-electron chi connectivity index (χ3n) is 4.23. The van der Waals surface area contributed by atoms with Crippen LogP contribution in [0.15, 0.2) is 17.5 Å². The Labute approximate surface area is 101 Å². The molecule has 2 bridgehead atoms. The van der Waals surface area contributed by atoms with Gasteiger partial charge in [0.2, 0.25) is 0 Å². The molecule has 4 atom stereocenters. The smallest absolute Gasteiger partial charge is 0.0415 e. The Morgan fingerprint density at radius 3 is 2.93 bits per heavy atom. The van der Waals surface area contributed by atoms with Crippen molar-refractivity contribution in [3.8, 4) is 0 Å². The minimum atomic E-state index is 0.388. The van der Waals surface area contributed by atoms with Gasteiger partial charge in [0.25, 0.3) is 0 Å². The zero-order valence-corrected chi connectivity index (χ0v) is 10.4. The van der Waals surface area contributed by atoms with Crippen molar-refractivity contribution < 1.29 is 0 Å². The van der Waals surface area contributed by atoms with Gasteiger partial charge in [-0.25, -0.2) is 0 Å². The first-order valence-electron chi connectivity index (χ1n) is 5.99. The average molecular weight is 241 g/mol. The third-order valence-corrected chi connectivity index (χ3v) is 5.61. The van der Waals surface area contributed by atoms with E-state index in [0.29, 0.717) is 5.38 Å². The van der Waals surface area contributed by atoms with Crippen LogP contribution < -0.4 is 0 Å². The molecule has 2 aliphatic carbocycles. The number of alkyl halides is 1. The number of rotatable bonds is 3. The third kappa shape index (κ3) is 1.97. The van der Waals surface area contributed by atoms with E-state index in [4.69, 9.17) is 11.6 Å². The molecule has 4 unspecified atom stereocenters. The Morgan fingerprint density at radius 1 is 1.40 bits per heavy atom. The molecule has 0 saturated heterocycles. The maximum Gasteiger partial charge on any atom is 0.0415 e. The molecule has 0 N–H and O–H groups in total. The van der Waals surface area contributed by atoms with E-state index < -0.39 is 0 Å². The molecule has 15 heavy (non-hydrogen) atoms. The van der Waals surface area contributed by atoms with E-state index in [0.717, 1.165) is 24.2 Å². The summed E-state index contributed by atoms with van der Waals surface area (Å²) in [5.41, 5.74) is 0. The molecule has 1 aromatic heterocycles. The topological polar surface area (TPSA) is 0 Å². The Bertz CT molecular complexity index is 319. The van der Waals surface area contributed by atoms with Crippen molar-refractivity contribution in [1.82, 2.24) is 0 Å². The highest BCUT2D eigenvalue weighted by molar-refractivity contribution is 7.09. The predicted molar refractivity (Wildman–Crippen MR) is 66.6 cm³/mol. The summed E-state index contributed by atoms with van der Waals surface area (Å²) in [6.45, 7) is 0. The summed E-state index contributed by atoms with van der Waals surface area (Å²) in [4.78, 5) is 1.46. The van der Waals surface area contributed by atoms with Crippen molar-refractivity contribution in [3.63, 3.8) is 0 Å². The van der Waals surface area contributed by atoms with Gasteiger partial charge in [-0.05, 0) is 54.9 Å². The largest absolute Gasteiger partial charge is 0.149 e. The highest BCUT2D eigenvalue weighted by Gasteiger charge is 2.42. The van der Waals surface area contributed by atoms with E-state index in [1.54, 1.807) is 0 Å². The summed E-state index contributed by atoms with van der Waals surface area (Å²) >= 11 is 8.42. The van der Waals surface area contributed by atoms with Gasteiger partial charge in [0.1, 0.15) is 0 Å². The SMILES string of the molecule is ClC(Cc1cccs1)C1CC2CCC1C2. The minimum absolute atomic E-state index is 0.388. The van der Waals surface area contributed by atoms with Gasteiger partial charge < -0.3 is 0 Å². The Hall–Kier alpha value is -0.0100. The molecule has 2 aliphatic rings. The van der Waals surface area contributed by atoms with Gasteiger partial charge >= 0.3 is 0 Å². The number of halogens is 1. The van der Waals surface area contributed by atoms with Crippen LogP contribution in [0.5, 0.6) is 0 Å². The van der Waals surface area contributed by atoms with Gasteiger partial charge in [0.15, 0.2) is 0 Å². The number of hydrogen-bond acceptors (Lipinski definition) is 1. The molecule has 82 valence electrons. The van der Waals surface area contributed by atoms with Crippen LogP contribution in [-0.2, 0) is 6.42 Å². The lowest BCUT2D eigenvalue weighted by Crippen LogP contribution is -2.22. The number of thiophene rings is 1. The quantitative estimate of drug-likeness (QED) is 0.690. The zero-order valence-electron chi connectivity index (χ0n) is 8.86. The molecule has 0 nitrogen and oxygen atoms in total. The molecule has 1 aromatic rings. The van der Waals surface area contributed by atoms with Crippen LogP contribution in [0.4, 0.5) is 0 Å². The van der Waals surface area contributed by atoms with E-state index in [1.807, 2.05) is 11.3 Å². The van der Waals surface area contributed by atoms with Crippen LogP contribution in [0.1, 0.15) is 30.6 Å². The summed E-state index contributed by atoms with van der Waals surface area (Å²) in [5.74, 6) is 2.79. The van der Waals surface area contributed by atoms with E-state index >= 15 is 0 Å².